The van der Waals surface area contributed by atoms with E-state index in [9.17, 15) is 4.79 Å². The number of amides is 1. The summed E-state index contributed by atoms with van der Waals surface area (Å²) in [6.07, 6.45) is 4.47. The first-order valence-electron chi connectivity index (χ1n) is 6.33. The van der Waals surface area contributed by atoms with Gasteiger partial charge in [0.15, 0.2) is 0 Å². The van der Waals surface area contributed by atoms with Gasteiger partial charge in [0, 0.05) is 39.7 Å². The standard InChI is InChI=1S/C12H24N2O2/c1-12(16)14-9-7-13(8-10-14)6-4-2-3-5-11-15/h15H,2-11H2,1H3. The third kappa shape index (κ3) is 4.94. The number of rotatable bonds is 6. The van der Waals surface area contributed by atoms with Crippen molar-refractivity contribution in [3.63, 3.8) is 0 Å². The molecule has 1 aliphatic heterocycles. The molecule has 1 N–H and O–H groups in total. The van der Waals surface area contributed by atoms with Crippen LogP contribution in [-0.4, -0.2) is 60.1 Å². The van der Waals surface area contributed by atoms with E-state index in [0.29, 0.717) is 6.61 Å². The maximum absolute atomic E-state index is 11.1. The second kappa shape index (κ2) is 7.63. The number of carbonyl (C=O) groups excluding carboxylic acids is 1. The predicted octanol–water partition coefficient (Wildman–Crippen LogP) is 0.703. The minimum atomic E-state index is 0.197. The zero-order chi connectivity index (χ0) is 11.8. The fourth-order valence-electron chi connectivity index (χ4n) is 2.09. The van der Waals surface area contributed by atoms with E-state index in [4.69, 9.17) is 5.11 Å². The largest absolute Gasteiger partial charge is 0.396 e. The van der Waals surface area contributed by atoms with Crippen molar-refractivity contribution >= 4 is 5.91 Å². The van der Waals surface area contributed by atoms with Gasteiger partial charge in [-0.2, -0.15) is 0 Å². The number of aliphatic hydroxyl groups is 1. The SMILES string of the molecule is CC(=O)N1CCN(CCCCCCO)CC1. The summed E-state index contributed by atoms with van der Waals surface area (Å²) in [6.45, 7) is 6.89. The molecule has 0 spiro atoms. The van der Waals surface area contributed by atoms with Crippen molar-refractivity contribution < 1.29 is 9.90 Å². The molecule has 0 saturated carbocycles. The molecule has 16 heavy (non-hydrogen) atoms. The van der Waals surface area contributed by atoms with Gasteiger partial charge in [-0.25, -0.2) is 0 Å². The highest BCUT2D eigenvalue weighted by Gasteiger charge is 2.17. The lowest BCUT2D eigenvalue weighted by molar-refractivity contribution is -0.130. The second-order valence-electron chi connectivity index (χ2n) is 4.49. The van der Waals surface area contributed by atoms with Crippen LogP contribution in [0.3, 0.4) is 0 Å². The summed E-state index contributed by atoms with van der Waals surface area (Å²) in [5.74, 6) is 0.197. The van der Waals surface area contributed by atoms with Crippen LogP contribution >= 0.6 is 0 Å². The summed E-state index contributed by atoms with van der Waals surface area (Å²) in [6, 6.07) is 0. The Morgan fingerprint density at radius 1 is 1.06 bits per heavy atom. The Hall–Kier alpha value is -0.610. The molecule has 0 aliphatic carbocycles. The number of piperazine rings is 1. The van der Waals surface area contributed by atoms with Crippen LogP contribution in [0.1, 0.15) is 32.6 Å². The molecule has 0 aromatic heterocycles. The maximum atomic E-state index is 11.1. The van der Waals surface area contributed by atoms with E-state index in [0.717, 1.165) is 45.6 Å². The third-order valence-corrected chi connectivity index (χ3v) is 3.20. The minimum Gasteiger partial charge on any atom is -0.396 e. The number of hydrogen-bond donors (Lipinski definition) is 1. The lowest BCUT2D eigenvalue weighted by Crippen LogP contribution is -2.48. The molecular weight excluding hydrogens is 204 g/mol. The van der Waals surface area contributed by atoms with Gasteiger partial charge in [0.1, 0.15) is 0 Å². The fourth-order valence-corrected chi connectivity index (χ4v) is 2.09. The van der Waals surface area contributed by atoms with E-state index in [2.05, 4.69) is 4.90 Å². The number of hydrogen-bond acceptors (Lipinski definition) is 3. The molecular formula is C12H24N2O2. The van der Waals surface area contributed by atoms with Crippen LogP contribution < -0.4 is 0 Å². The zero-order valence-corrected chi connectivity index (χ0v) is 10.3. The predicted molar refractivity (Wildman–Crippen MR) is 64.2 cm³/mol. The van der Waals surface area contributed by atoms with Crippen LogP contribution in [0.15, 0.2) is 0 Å². The van der Waals surface area contributed by atoms with Crippen molar-refractivity contribution in [3.05, 3.63) is 0 Å². The molecule has 0 bridgehead atoms. The third-order valence-electron chi connectivity index (χ3n) is 3.20. The average Bonchev–Trinajstić information content (AvgIpc) is 2.29. The smallest absolute Gasteiger partial charge is 0.219 e. The topological polar surface area (TPSA) is 43.8 Å². The molecule has 1 rings (SSSR count). The van der Waals surface area contributed by atoms with Gasteiger partial charge in [0.05, 0.1) is 0 Å². The van der Waals surface area contributed by atoms with Gasteiger partial charge in [-0.3, -0.25) is 9.69 Å². The summed E-state index contributed by atoms with van der Waals surface area (Å²) >= 11 is 0. The van der Waals surface area contributed by atoms with Crippen LogP contribution in [0.25, 0.3) is 0 Å². The molecule has 1 heterocycles. The Labute approximate surface area is 98.2 Å². The Morgan fingerprint density at radius 2 is 1.69 bits per heavy atom. The van der Waals surface area contributed by atoms with E-state index in [1.165, 1.54) is 12.8 Å². The van der Waals surface area contributed by atoms with Crippen LogP contribution in [-0.2, 0) is 4.79 Å². The summed E-state index contributed by atoms with van der Waals surface area (Å²) in [4.78, 5) is 15.5. The molecule has 0 radical (unpaired) electrons. The minimum absolute atomic E-state index is 0.197. The second-order valence-corrected chi connectivity index (χ2v) is 4.49. The van der Waals surface area contributed by atoms with Gasteiger partial charge in [-0.1, -0.05) is 12.8 Å². The van der Waals surface area contributed by atoms with Crippen molar-refractivity contribution in [2.75, 3.05) is 39.3 Å². The summed E-state index contributed by atoms with van der Waals surface area (Å²) in [5.41, 5.74) is 0. The highest BCUT2D eigenvalue weighted by Crippen LogP contribution is 2.05. The molecule has 4 heteroatoms. The molecule has 1 saturated heterocycles. The first-order valence-corrected chi connectivity index (χ1v) is 6.33. The molecule has 0 atom stereocenters. The van der Waals surface area contributed by atoms with E-state index in [1.54, 1.807) is 6.92 Å². The lowest BCUT2D eigenvalue weighted by atomic mass is 10.2. The number of unbranched alkanes of at least 4 members (excludes halogenated alkanes) is 3. The molecule has 0 unspecified atom stereocenters. The lowest BCUT2D eigenvalue weighted by Gasteiger charge is -2.34. The summed E-state index contributed by atoms with van der Waals surface area (Å²) in [7, 11) is 0. The maximum Gasteiger partial charge on any atom is 0.219 e. The Kier molecular flexibility index (Phi) is 6.42. The number of nitrogens with zero attached hydrogens (tertiary/aromatic N) is 2. The average molecular weight is 228 g/mol. The van der Waals surface area contributed by atoms with E-state index in [-0.39, 0.29) is 5.91 Å². The molecule has 1 aliphatic rings. The Balaban J connectivity index is 2.02. The van der Waals surface area contributed by atoms with E-state index in [1.807, 2.05) is 4.90 Å². The van der Waals surface area contributed by atoms with Crippen LogP contribution in [0, 0.1) is 0 Å². The van der Waals surface area contributed by atoms with E-state index >= 15 is 0 Å². The fraction of sp³-hybridized carbons (Fsp3) is 0.917. The molecule has 0 aromatic rings. The van der Waals surface area contributed by atoms with Gasteiger partial charge < -0.3 is 10.0 Å². The van der Waals surface area contributed by atoms with Crippen LogP contribution in [0.5, 0.6) is 0 Å². The van der Waals surface area contributed by atoms with Gasteiger partial charge >= 0.3 is 0 Å². The van der Waals surface area contributed by atoms with Gasteiger partial charge in [0.2, 0.25) is 5.91 Å². The van der Waals surface area contributed by atoms with Crippen molar-refractivity contribution in [2.45, 2.75) is 32.6 Å². The van der Waals surface area contributed by atoms with Crippen molar-refractivity contribution in [2.24, 2.45) is 0 Å². The molecule has 94 valence electrons. The molecule has 4 nitrogen and oxygen atoms in total. The number of aliphatic hydroxyl groups excluding tert-OH is 1. The Morgan fingerprint density at radius 3 is 2.25 bits per heavy atom. The van der Waals surface area contributed by atoms with Crippen molar-refractivity contribution in [1.82, 2.24) is 9.80 Å². The number of carbonyl (C=O) groups is 1. The quantitative estimate of drug-likeness (QED) is 0.681. The van der Waals surface area contributed by atoms with Gasteiger partial charge in [0.25, 0.3) is 0 Å². The molecule has 1 amide bonds. The van der Waals surface area contributed by atoms with Crippen molar-refractivity contribution in [1.29, 1.82) is 0 Å². The van der Waals surface area contributed by atoms with E-state index < -0.39 is 0 Å². The normalized spacial score (nSPS) is 17.8. The Bertz CT molecular complexity index is 201. The first kappa shape index (κ1) is 13.5. The zero-order valence-electron chi connectivity index (χ0n) is 10.3. The van der Waals surface area contributed by atoms with Crippen molar-refractivity contribution in [3.8, 4) is 0 Å². The highest BCUT2D eigenvalue weighted by atomic mass is 16.2. The first-order chi connectivity index (χ1) is 7.74. The van der Waals surface area contributed by atoms with Crippen LogP contribution in [0.2, 0.25) is 0 Å². The van der Waals surface area contributed by atoms with Gasteiger partial charge in [-0.15, -0.1) is 0 Å². The monoisotopic (exact) mass is 228 g/mol. The highest BCUT2D eigenvalue weighted by molar-refractivity contribution is 5.73. The van der Waals surface area contributed by atoms with Gasteiger partial charge in [-0.05, 0) is 19.4 Å². The molecule has 1 fully saturated rings. The van der Waals surface area contributed by atoms with Crippen LogP contribution in [0.4, 0.5) is 0 Å². The summed E-state index contributed by atoms with van der Waals surface area (Å²) < 4.78 is 0. The molecule has 0 aromatic carbocycles. The summed E-state index contributed by atoms with van der Waals surface area (Å²) in [5, 5.41) is 8.65.